The minimum atomic E-state index is -0.269. The number of amides is 2. The van der Waals surface area contributed by atoms with Gasteiger partial charge in [-0.1, -0.05) is 51.4 Å². The zero-order valence-electron chi connectivity index (χ0n) is 20.2. The number of anilines is 2. The molecule has 9 heteroatoms. The second-order valence-electron chi connectivity index (χ2n) is 9.51. The van der Waals surface area contributed by atoms with E-state index >= 15 is 0 Å². The van der Waals surface area contributed by atoms with Crippen LogP contribution in [0.2, 0.25) is 5.02 Å². The minimum Gasteiger partial charge on any atom is -0.353 e. The maximum absolute atomic E-state index is 13.6. The third-order valence-corrected chi connectivity index (χ3v) is 7.17. The lowest BCUT2D eigenvalue weighted by molar-refractivity contribution is -0.133. The third kappa shape index (κ3) is 5.03. The lowest BCUT2D eigenvalue weighted by Gasteiger charge is -2.39. The molecular weight excluding hydrogens is 452 g/mol. The smallest absolute Gasteiger partial charge is 0.231 e. The second-order valence-corrected chi connectivity index (χ2v) is 9.94. The molecule has 0 saturated carbocycles. The number of fused-ring (bicyclic) bond motifs is 1. The molecule has 3 atom stereocenters. The fourth-order valence-electron chi connectivity index (χ4n) is 4.62. The highest BCUT2D eigenvalue weighted by atomic mass is 35.5. The Labute approximate surface area is 206 Å². The van der Waals surface area contributed by atoms with Crippen molar-refractivity contribution in [2.24, 2.45) is 5.92 Å². The largest absolute Gasteiger partial charge is 0.353 e. The number of aromatic nitrogens is 2. The van der Waals surface area contributed by atoms with Gasteiger partial charge in [-0.05, 0) is 23.6 Å². The van der Waals surface area contributed by atoms with Crippen molar-refractivity contribution < 1.29 is 9.59 Å². The van der Waals surface area contributed by atoms with Gasteiger partial charge in [0.1, 0.15) is 18.0 Å². The summed E-state index contributed by atoms with van der Waals surface area (Å²) in [5.74, 6) is 1.17. The summed E-state index contributed by atoms with van der Waals surface area (Å²) in [5.41, 5.74) is 1.95. The van der Waals surface area contributed by atoms with Crippen LogP contribution in [0.25, 0.3) is 0 Å². The highest BCUT2D eigenvalue weighted by Crippen LogP contribution is 2.39. The molecule has 34 heavy (non-hydrogen) atoms. The Hall–Kier alpha value is -2.71. The number of piperazine rings is 1. The van der Waals surface area contributed by atoms with Crippen molar-refractivity contribution in [2.75, 3.05) is 42.9 Å². The molecule has 2 aromatic rings. The molecule has 0 aliphatic carbocycles. The standard InChI is InChI=1S/C25H33ClN6O2/c1-15(2)27-13-20(18-5-7-19(26)8-6-18)25(34)32-11-9-31(10-12-32)23-21-16(3)17(4)24(33)30-22(21)28-14-29-23/h5-8,14-17,20,27H,9-13H2,1-4H3,(H,28,29,30,33)/t16-,17+,20-/m1/s1. The first-order valence-electron chi connectivity index (χ1n) is 11.9. The molecule has 1 fully saturated rings. The molecule has 0 unspecified atom stereocenters. The zero-order chi connectivity index (χ0) is 24.4. The molecule has 0 radical (unpaired) electrons. The second kappa shape index (κ2) is 10.3. The number of halogens is 1. The molecule has 2 aliphatic rings. The molecule has 0 bridgehead atoms. The summed E-state index contributed by atoms with van der Waals surface area (Å²) < 4.78 is 0. The first-order chi connectivity index (χ1) is 16.3. The Kier molecular flexibility index (Phi) is 7.38. The number of nitrogens with zero attached hydrogens (tertiary/aromatic N) is 4. The number of benzene rings is 1. The summed E-state index contributed by atoms with van der Waals surface area (Å²) in [6.45, 7) is 11.3. The lowest BCUT2D eigenvalue weighted by atomic mass is 9.85. The van der Waals surface area contributed by atoms with E-state index in [2.05, 4.69) is 39.3 Å². The monoisotopic (exact) mass is 484 g/mol. The molecule has 2 amide bonds. The number of nitrogens with one attached hydrogen (secondary N) is 2. The molecule has 8 nitrogen and oxygen atoms in total. The average Bonchev–Trinajstić information content (AvgIpc) is 2.83. The maximum Gasteiger partial charge on any atom is 0.231 e. The predicted octanol–water partition coefficient (Wildman–Crippen LogP) is 3.25. The number of carbonyl (C=O) groups is 2. The van der Waals surface area contributed by atoms with Crippen LogP contribution in [0.5, 0.6) is 0 Å². The van der Waals surface area contributed by atoms with Gasteiger partial charge >= 0.3 is 0 Å². The molecule has 3 heterocycles. The van der Waals surface area contributed by atoms with Gasteiger partial charge in [-0.2, -0.15) is 0 Å². The van der Waals surface area contributed by atoms with Gasteiger partial charge in [-0.25, -0.2) is 9.97 Å². The Morgan fingerprint density at radius 2 is 1.79 bits per heavy atom. The molecule has 0 spiro atoms. The summed E-state index contributed by atoms with van der Waals surface area (Å²) in [4.78, 5) is 38.8. The normalized spacial score (nSPS) is 21.3. The minimum absolute atomic E-state index is 0.0108. The van der Waals surface area contributed by atoms with Gasteiger partial charge < -0.3 is 20.4 Å². The molecule has 1 saturated heterocycles. The Balaban J connectivity index is 1.49. The van der Waals surface area contributed by atoms with Crippen LogP contribution in [0.3, 0.4) is 0 Å². The SMILES string of the molecule is CC(C)NC[C@@H](C(=O)N1CCN(c2ncnc3c2[C@H](C)[C@H](C)C(=O)N3)CC1)c1ccc(Cl)cc1. The van der Waals surface area contributed by atoms with E-state index in [0.29, 0.717) is 43.6 Å². The highest BCUT2D eigenvalue weighted by Gasteiger charge is 2.35. The van der Waals surface area contributed by atoms with Crippen LogP contribution >= 0.6 is 11.6 Å². The van der Waals surface area contributed by atoms with Gasteiger partial charge in [-0.15, -0.1) is 0 Å². The molecule has 182 valence electrons. The van der Waals surface area contributed by atoms with Gasteiger partial charge in [0.25, 0.3) is 0 Å². The van der Waals surface area contributed by atoms with Gasteiger partial charge in [0, 0.05) is 55.3 Å². The molecule has 2 N–H and O–H groups in total. The van der Waals surface area contributed by atoms with Crippen LogP contribution in [0, 0.1) is 5.92 Å². The zero-order valence-corrected chi connectivity index (χ0v) is 21.0. The molecular formula is C25H33ClN6O2. The Morgan fingerprint density at radius 1 is 1.12 bits per heavy atom. The summed E-state index contributed by atoms with van der Waals surface area (Å²) in [6.07, 6.45) is 1.50. The van der Waals surface area contributed by atoms with Gasteiger partial charge in [0.05, 0.1) is 5.92 Å². The first-order valence-corrected chi connectivity index (χ1v) is 12.3. The van der Waals surface area contributed by atoms with Gasteiger partial charge in [0.2, 0.25) is 11.8 Å². The van der Waals surface area contributed by atoms with Crippen LogP contribution in [0.1, 0.15) is 50.7 Å². The van der Waals surface area contributed by atoms with Gasteiger partial charge in [-0.3, -0.25) is 9.59 Å². The Morgan fingerprint density at radius 3 is 2.44 bits per heavy atom. The van der Waals surface area contributed by atoms with E-state index in [4.69, 9.17) is 11.6 Å². The predicted molar refractivity (Wildman–Crippen MR) is 134 cm³/mol. The topological polar surface area (TPSA) is 90.5 Å². The molecule has 1 aromatic carbocycles. The number of carbonyl (C=O) groups excluding carboxylic acids is 2. The third-order valence-electron chi connectivity index (χ3n) is 6.91. The van der Waals surface area contributed by atoms with Crippen LogP contribution in [-0.4, -0.2) is 65.4 Å². The van der Waals surface area contributed by atoms with Crippen LogP contribution in [0.4, 0.5) is 11.6 Å². The van der Waals surface area contributed by atoms with E-state index in [-0.39, 0.29) is 35.6 Å². The highest BCUT2D eigenvalue weighted by molar-refractivity contribution is 6.30. The fraction of sp³-hybridized carbons (Fsp3) is 0.520. The number of rotatable bonds is 6. The van der Waals surface area contributed by atoms with Crippen LogP contribution < -0.4 is 15.5 Å². The van der Waals surface area contributed by atoms with Crippen molar-refractivity contribution in [2.45, 2.75) is 45.6 Å². The summed E-state index contributed by atoms with van der Waals surface area (Å²) in [7, 11) is 0. The average molecular weight is 485 g/mol. The van der Waals surface area contributed by atoms with Crippen LogP contribution in [-0.2, 0) is 9.59 Å². The van der Waals surface area contributed by atoms with E-state index < -0.39 is 0 Å². The van der Waals surface area contributed by atoms with E-state index in [0.717, 1.165) is 16.9 Å². The number of hydrogen-bond acceptors (Lipinski definition) is 6. The van der Waals surface area contributed by atoms with Crippen molar-refractivity contribution in [1.82, 2.24) is 20.2 Å². The fourth-order valence-corrected chi connectivity index (χ4v) is 4.75. The number of hydrogen-bond donors (Lipinski definition) is 2. The quantitative estimate of drug-likeness (QED) is 0.654. The van der Waals surface area contributed by atoms with E-state index in [1.165, 1.54) is 6.33 Å². The summed E-state index contributed by atoms with van der Waals surface area (Å²) in [5, 5.41) is 6.99. The lowest BCUT2D eigenvalue weighted by Crippen LogP contribution is -2.51. The van der Waals surface area contributed by atoms with Crippen LogP contribution in [0.15, 0.2) is 30.6 Å². The summed E-state index contributed by atoms with van der Waals surface area (Å²) >= 11 is 6.07. The van der Waals surface area contributed by atoms with Crippen molar-refractivity contribution >= 4 is 35.1 Å². The van der Waals surface area contributed by atoms with E-state index in [1.807, 2.05) is 43.0 Å². The maximum atomic E-state index is 13.6. The van der Waals surface area contributed by atoms with Crippen molar-refractivity contribution in [3.05, 3.63) is 46.7 Å². The van der Waals surface area contributed by atoms with E-state index in [9.17, 15) is 9.59 Å². The Bertz CT molecular complexity index is 1040. The van der Waals surface area contributed by atoms with Crippen molar-refractivity contribution in [3.8, 4) is 0 Å². The molecule has 1 aromatic heterocycles. The molecule has 2 aliphatic heterocycles. The van der Waals surface area contributed by atoms with Gasteiger partial charge in [0.15, 0.2) is 0 Å². The molecule has 4 rings (SSSR count). The summed E-state index contributed by atoms with van der Waals surface area (Å²) in [6, 6.07) is 7.83. The first kappa shape index (κ1) is 24.4. The van der Waals surface area contributed by atoms with Crippen molar-refractivity contribution in [3.63, 3.8) is 0 Å². The van der Waals surface area contributed by atoms with E-state index in [1.54, 1.807) is 0 Å². The van der Waals surface area contributed by atoms with Crippen molar-refractivity contribution in [1.29, 1.82) is 0 Å².